The summed E-state index contributed by atoms with van der Waals surface area (Å²) in [4.78, 5) is 34.3. The molecule has 32 valence electrons. The standard InChI is InChI=1S/Al.Li.O4Si.Y/c;;1-5(2,3)4;/q+3;+1;-4;+3. The third-order valence-corrected chi connectivity index (χ3v) is 0. The van der Waals surface area contributed by atoms with Gasteiger partial charge in [-0.15, -0.1) is 0 Å². The van der Waals surface area contributed by atoms with Crippen molar-refractivity contribution in [1.29, 1.82) is 0 Å². The Kier molecular flexibility index (Phi) is 26.1. The molecule has 0 saturated carbocycles. The van der Waals surface area contributed by atoms with E-state index in [2.05, 4.69) is 0 Å². The van der Waals surface area contributed by atoms with Crippen LogP contribution in [0, 0.1) is 0 Å². The molecule has 0 bridgehead atoms. The Morgan fingerprint density at radius 2 is 0.875 bits per heavy atom. The van der Waals surface area contributed by atoms with E-state index in [-0.39, 0.29) is 68.9 Å². The SMILES string of the molecule is [Al+3].[Li+].[O-][Si]([O-])([O-])[O-].[Y+3]. The van der Waals surface area contributed by atoms with E-state index in [0.29, 0.717) is 0 Å². The monoisotopic (exact) mass is 215 g/mol. The van der Waals surface area contributed by atoms with Crippen molar-refractivity contribution in [2.45, 2.75) is 0 Å². The van der Waals surface area contributed by atoms with E-state index in [1.165, 1.54) is 0 Å². The fourth-order valence-electron chi connectivity index (χ4n) is 0. The van der Waals surface area contributed by atoms with Gasteiger partial charge in [0, 0.05) is 0 Å². The van der Waals surface area contributed by atoms with Crippen LogP contribution in [0.5, 0.6) is 0 Å². The molecule has 0 aliphatic carbocycles. The van der Waals surface area contributed by atoms with Crippen LogP contribution in [0.15, 0.2) is 0 Å². The normalized spacial score (nSPS) is 7.50. The molecule has 8 heteroatoms. The number of rotatable bonds is 0. The minimum atomic E-state index is -5.61. The third kappa shape index (κ3) is 84.0. The van der Waals surface area contributed by atoms with Gasteiger partial charge in [0.2, 0.25) is 0 Å². The summed E-state index contributed by atoms with van der Waals surface area (Å²) < 4.78 is 0. The maximum Gasteiger partial charge on any atom is 3.00 e. The third-order valence-electron chi connectivity index (χ3n) is 0. The maximum atomic E-state index is 8.58. The van der Waals surface area contributed by atoms with Crippen LogP contribution in [0.2, 0.25) is 0 Å². The van der Waals surface area contributed by atoms with Crippen LogP contribution in [0.1, 0.15) is 0 Å². The Morgan fingerprint density at radius 1 is 0.875 bits per heavy atom. The van der Waals surface area contributed by atoms with E-state index >= 15 is 0 Å². The first-order chi connectivity index (χ1) is 2.00. The van der Waals surface area contributed by atoms with Gasteiger partial charge >= 0.3 is 68.9 Å². The first kappa shape index (κ1) is 22.4. The molecule has 0 aliphatic rings. The maximum absolute atomic E-state index is 8.58. The Hall–Kier alpha value is 2.29. The summed E-state index contributed by atoms with van der Waals surface area (Å²) in [6, 6.07) is 0. The van der Waals surface area contributed by atoms with E-state index in [1.807, 2.05) is 0 Å². The molecule has 0 N–H and O–H groups in total. The summed E-state index contributed by atoms with van der Waals surface area (Å²) >= 11 is 0. The second kappa shape index (κ2) is 9.29. The second-order valence-corrected chi connectivity index (χ2v) is 1.50. The molecule has 0 aromatic carbocycles. The van der Waals surface area contributed by atoms with Gasteiger partial charge in [-0.25, -0.2) is 0 Å². The summed E-state index contributed by atoms with van der Waals surface area (Å²) in [6.07, 6.45) is 0. The fraction of sp³-hybridized carbons (Fsp3) is 0. The van der Waals surface area contributed by atoms with Gasteiger partial charge in [0.05, 0.1) is 0 Å². The van der Waals surface area contributed by atoms with Crippen molar-refractivity contribution < 1.29 is 70.8 Å². The van der Waals surface area contributed by atoms with Crippen molar-refractivity contribution in [1.82, 2.24) is 0 Å². The molecule has 0 spiro atoms. The Balaban J connectivity index is -0.0000000267. The summed E-state index contributed by atoms with van der Waals surface area (Å²) in [5, 5.41) is 0. The molecule has 0 fully saturated rings. The summed E-state index contributed by atoms with van der Waals surface area (Å²) in [7, 11) is -5.61. The van der Waals surface area contributed by atoms with Crippen LogP contribution in [0.3, 0.4) is 0 Å². The first-order valence-electron chi connectivity index (χ1n) is 0.816. The molecular weight excluding hydrogens is 215 g/mol. The minimum absolute atomic E-state index is 0. The Bertz CT molecular complexity index is 31.5. The van der Waals surface area contributed by atoms with Gasteiger partial charge in [-0.1, -0.05) is 0 Å². The van der Waals surface area contributed by atoms with Crippen molar-refractivity contribution in [3.63, 3.8) is 0 Å². The first-order valence-corrected chi connectivity index (χ1v) is 2.45. The smallest absolute Gasteiger partial charge is 0.894 e. The molecule has 0 radical (unpaired) electrons. The van der Waals surface area contributed by atoms with E-state index < -0.39 is 9.05 Å². The summed E-state index contributed by atoms with van der Waals surface area (Å²) in [5.41, 5.74) is 0. The van der Waals surface area contributed by atoms with E-state index in [0.717, 1.165) is 0 Å². The second-order valence-electron chi connectivity index (χ2n) is 0.500. The van der Waals surface area contributed by atoms with Crippen LogP contribution in [-0.2, 0) is 32.7 Å². The molecule has 0 saturated heterocycles. The topological polar surface area (TPSA) is 92.2 Å². The van der Waals surface area contributed by atoms with Gasteiger partial charge in [0.15, 0.2) is 0 Å². The van der Waals surface area contributed by atoms with Crippen LogP contribution in [-0.4, -0.2) is 26.4 Å². The molecule has 0 unspecified atom stereocenters. The van der Waals surface area contributed by atoms with Gasteiger partial charge in [-0.2, -0.15) is 0 Å². The van der Waals surface area contributed by atoms with Crippen molar-refractivity contribution >= 4 is 26.4 Å². The minimum Gasteiger partial charge on any atom is -0.894 e. The van der Waals surface area contributed by atoms with Crippen LogP contribution in [0.25, 0.3) is 0 Å². The molecule has 4 nitrogen and oxygen atoms in total. The average Bonchev–Trinajstić information content (AvgIpc) is 0.722. The molecule has 0 amide bonds. The molecule has 0 atom stereocenters. The predicted molar refractivity (Wildman–Crippen MR) is 11.5 cm³/mol. The molecule has 0 aliphatic heterocycles. The molecule has 8 heavy (non-hydrogen) atoms. The van der Waals surface area contributed by atoms with Crippen LogP contribution < -0.4 is 38.0 Å². The van der Waals surface area contributed by atoms with Crippen molar-refractivity contribution in [3.8, 4) is 0 Å². The zero-order chi connectivity index (χ0) is 4.50. The average molecular weight is 215 g/mol. The van der Waals surface area contributed by atoms with Crippen LogP contribution >= 0.6 is 0 Å². The van der Waals surface area contributed by atoms with Gasteiger partial charge in [-0.3, -0.25) is 0 Å². The van der Waals surface area contributed by atoms with Crippen molar-refractivity contribution in [2.75, 3.05) is 0 Å². The van der Waals surface area contributed by atoms with E-state index in [4.69, 9.17) is 19.2 Å². The predicted octanol–water partition coefficient (Wildman–Crippen LogP) is -8.52. The van der Waals surface area contributed by atoms with Gasteiger partial charge in [-0.05, 0) is 0 Å². The Labute approximate surface area is 96.0 Å². The summed E-state index contributed by atoms with van der Waals surface area (Å²) in [5.74, 6) is 0. The molecular formula is AlLiO4SiY+3. The van der Waals surface area contributed by atoms with Crippen LogP contribution in [0.4, 0.5) is 0 Å². The largest absolute Gasteiger partial charge is 3.00 e. The van der Waals surface area contributed by atoms with Crippen molar-refractivity contribution in [2.24, 2.45) is 0 Å². The quantitative estimate of drug-likeness (QED) is 0.375. The molecule has 0 aromatic rings. The zero-order valence-electron chi connectivity index (χ0n) is 4.29. The Morgan fingerprint density at radius 3 is 0.875 bits per heavy atom. The van der Waals surface area contributed by atoms with E-state index in [9.17, 15) is 0 Å². The molecule has 0 rings (SSSR count). The van der Waals surface area contributed by atoms with Gasteiger partial charge < -0.3 is 28.2 Å². The fourth-order valence-corrected chi connectivity index (χ4v) is 0. The molecule has 0 aromatic heterocycles. The van der Waals surface area contributed by atoms with Gasteiger partial charge in [0.25, 0.3) is 0 Å². The van der Waals surface area contributed by atoms with Crippen molar-refractivity contribution in [3.05, 3.63) is 0 Å². The van der Waals surface area contributed by atoms with E-state index in [1.54, 1.807) is 0 Å². The molecule has 0 heterocycles. The summed E-state index contributed by atoms with van der Waals surface area (Å²) in [6.45, 7) is 0. The number of hydrogen-bond acceptors (Lipinski definition) is 4. The number of hydrogen-bond donors (Lipinski definition) is 0. The zero-order valence-corrected chi connectivity index (χ0v) is 9.28. The van der Waals surface area contributed by atoms with Gasteiger partial charge in [0.1, 0.15) is 0 Å².